The molecular formula is C16H18ClN5. The summed E-state index contributed by atoms with van der Waals surface area (Å²) in [5, 5.41) is 4.25. The highest BCUT2D eigenvalue weighted by molar-refractivity contribution is 5.90. The Morgan fingerprint density at radius 3 is 2.32 bits per heavy atom. The van der Waals surface area contributed by atoms with Gasteiger partial charge in [0, 0.05) is 30.9 Å². The van der Waals surface area contributed by atoms with Gasteiger partial charge in [-0.3, -0.25) is 0 Å². The molecule has 22 heavy (non-hydrogen) atoms. The van der Waals surface area contributed by atoms with Gasteiger partial charge in [-0.15, -0.1) is 12.4 Å². The minimum absolute atomic E-state index is 0. The molecule has 2 aromatic carbocycles. The minimum atomic E-state index is 0. The van der Waals surface area contributed by atoms with Crippen LogP contribution in [0.4, 0.5) is 23.1 Å². The second-order valence-electron chi connectivity index (χ2n) is 5.03. The fourth-order valence-electron chi connectivity index (χ4n) is 2.15. The van der Waals surface area contributed by atoms with E-state index in [0.717, 1.165) is 28.1 Å². The summed E-state index contributed by atoms with van der Waals surface area (Å²) in [6.07, 6.45) is 0. The van der Waals surface area contributed by atoms with Crippen LogP contribution in [0.5, 0.6) is 0 Å². The number of aromatic nitrogens is 2. The lowest BCUT2D eigenvalue weighted by Gasteiger charge is -2.15. The zero-order chi connectivity index (χ0) is 14.8. The molecule has 6 heteroatoms. The van der Waals surface area contributed by atoms with Crippen LogP contribution >= 0.6 is 12.4 Å². The van der Waals surface area contributed by atoms with E-state index in [0.29, 0.717) is 5.95 Å². The lowest BCUT2D eigenvalue weighted by Crippen LogP contribution is -2.13. The molecule has 114 valence electrons. The van der Waals surface area contributed by atoms with Gasteiger partial charge in [-0.1, -0.05) is 12.1 Å². The number of rotatable bonds is 3. The Balaban J connectivity index is 0.00000176. The maximum atomic E-state index is 5.69. The summed E-state index contributed by atoms with van der Waals surface area (Å²) in [6.45, 7) is 0. The number of anilines is 4. The maximum Gasteiger partial charge on any atom is 0.229 e. The van der Waals surface area contributed by atoms with Crippen LogP contribution in [0.2, 0.25) is 0 Å². The van der Waals surface area contributed by atoms with Crippen molar-refractivity contribution in [3.05, 3.63) is 48.5 Å². The summed E-state index contributed by atoms with van der Waals surface area (Å²) >= 11 is 0. The van der Waals surface area contributed by atoms with E-state index in [-0.39, 0.29) is 12.4 Å². The summed E-state index contributed by atoms with van der Waals surface area (Å²) in [7, 11) is 3.95. The van der Waals surface area contributed by atoms with Crippen LogP contribution in [0.3, 0.4) is 0 Å². The molecule has 0 unspecified atom stereocenters. The lowest BCUT2D eigenvalue weighted by molar-refractivity contribution is 1.06. The van der Waals surface area contributed by atoms with Crippen LogP contribution in [0.1, 0.15) is 0 Å². The molecule has 0 atom stereocenters. The van der Waals surface area contributed by atoms with E-state index >= 15 is 0 Å². The third kappa shape index (κ3) is 3.20. The van der Waals surface area contributed by atoms with Gasteiger partial charge in [0.25, 0.3) is 0 Å². The Morgan fingerprint density at radius 1 is 0.955 bits per heavy atom. The van der Waals surface area contributed by atoms with Crippen LogP contribution in [0, 0.1) is 0 Å². The smallest absolute Gasteiger partial charge is 0.229 e. The first-order chi connectivity index (χ1) is 10.1. The molecule has 0 saturated carbocycles. The Hall–Kier alpha value is -2.53. The summed E-state index contributed by atoms with van der Waals surface area (Å²) < 4.78 is 0. The predicted octanol–water partition coefficient (Wildman–Crippen LogP) is 3.44. The van der Waals surface area contributed by atoms with Crippen molar-refractivity contribution < 1.29 is 0 Å². The van der Waals surface area contributed by atoms with E-state index < -0.39 is 0 Å². The summed E-state index contributed by atoms with van der Waals surface area (Å²) in [4.78, 5) is 11.1. The van der Waals surface area contributed by atoms with E-state index in [4.69, 9.17) is 5.73 Å². The maximum absolute atomic E-state index is 5.69. The van der Waals surface area contributed by atoms with Crippen LogP contribution < -0.4 is 16.0 Å². The Bertz CT molecular complexity index is 771. The quantitative estimate of drug-likeness (QED) is 0.725. The van der Waals surface area contributed by atoms with Crippen LogP contribution in [0.25, 0.3) is 10.9 Å². The first-order valence-corrected chi connectivity index (χ1v) is 6.70. The number of nitrogens with zero attached hydrogens (tertiary/aromatic N) is 3. The number of halogens is 1. The van der Waals surface area contributed by atoms with Gasteiger partial charge in [0.1, 0.15) is 5.82 Å². The fraction of sp³-hybridized carbons (Fsp3) is 0.125. The number of nitrogen functional groups attached to an aromatic ring is 1. The third-order valence-corrected chi connectivity index (χ3v) is 3.17. The van der Waals surface area contributed by atoms with Crippen molar-refractivity contribution in [2.24, 2.45) is 0 Å². The van der Waals surface area contributed by atoms with E-state index in [1.807, 2.05) is 67.5 Å². The van der Waals surface area contributed by atoms with Gasteiger partial charge < -0.3 is 16.0 Å². The molecule has 0 aliphatic rings. The second kappa shape index (κ2) is 6.49. The van der Waals surface area contributed by atoms with Gasteiger partial charge >= 0.3 is 0 Å². The minimum Gasteiger partial charge on any atom is -0.399 e. The molecule has 0 spiro atoms. The van der Waals surface area contributed by atoms with E-state index in [2.05, 4.69) is 15.3 Å². The number of fused-ring (bicyclic) bond motifs is 1. The zero-order valence-electron chi connectivity index (χ0n) is 12.4. The average molecular weight is 316 g/mol. The van der Waals surface area contributed by atoms with Crippen molar-refractivity contribution in [1.29, 1.82) is 0 Å². The molecule has 0 radical (unpaired) electrons. The summed E-state index contributed by atoms with van der Waals surface area (Å²) in [6, 6.07) is 15.5. The van der Waals surface area contributed by atoms with Gasteiger partial charge in [-0.25, -0.2) is 4.98 Å². The Kier molecular flexibility index (Phi) is 4.68. The molecule has 0 aliphatic heterocycles. The topological polar surface area (TPSA) is 67.1 Å². The van der Waals surface area contributed by atoms with Crippen molar-refractivity contribution >= 4 is 46.5 Å². The third-order valence-electron chi connectivity index (χ3n) is 3.17. The SMILES string of the molecule is CN(C)c1nc(Nc2ccc(N)cc2)nc2ccccc12.Cl. The van der Waals surface area contributed by atoms with Crippen LogP contribution in [-0.4, -0.2) is 24.1 Å². The van der Waals surface area contributed by atoms with Crippen LogP contribution in [-0.2, 0) is 0 Å². The molecule has 0 saturated heterocycles. The highest BCUT2D eigenvalue weighted by Crippen LogP contribution is 2.25. The number of nitrogens with two attached hydrogens (primary N) is 1. The second-order valence-corrected chi connectivity index (χ2v) is 5.03. The molecule has 5 nitrogen and oxygen atoms in total. The van der Waals surface area contributed by atoms with E-state index in [1.165, 1.54) is 0 Å². The molecule has 3 N–H and O–H groups in total. The largest absolute Gasteiger partial charge is 0.399 e. The normalized spacial score (nSPS) is 10.1. The molecule has 3 rings (SSSR count). The van der Waals surface area contributed by atoms with Crippen molar-refractivity contribution in [1.82, 2.24) is 9.97 Å². The van der Waals surface area contributed by atoms with Gasteiger partial charge in [0.15, 0.2) is 0 Å². The van der Waals surface area contributed by atoms with E-state index in [1.54, 1.807) is 0 Å². The Labute approximate surface area is 135 Å². The van der Waals surface area contributed by atoms with Crippen molar-refractivity contribution in [3.63, 3.8) is 0 Å². The van der Waals surface area contributed by atoms with E-state index in [9.17, 15) is 0 Å². The monoisotopic (exact) mass is 315 g/mol. The molecule has 1 aromatic heterocycles. The standard InChI is InChI=1S/C16H17N5.ClH/c1-21(2)15-13-5-3-4-6-14(13)19-16(20-15)18-12-9-7-11(17)8-10-12;/h3-10H,17H2,1-2H3,(H,18,19,20);1H. The lowest BCUT2D eigenvalue weighted by atomic mass is 10.2. The Morgan fingerprint density at radius 2 is 1.64 bits per heavy atom. The number of hydrogen-bond donors (Lipinski definition) is 2. The first kappa shape index (κ1) is 15.9. The highest BCUT2D eigenvalue weighted by atomic mass is 35.5. The number of benzene rings is 2. The number of nitrogens with one attached hydrogen (secondary N) is 1. The molecule has 0 amide bonds. The highest BCUT2D eigenvalue weighted by Gasteiger charge is 2.09. The van der Waals surface area contributed by atoms with Gasteiger partial charge in [-0.2, -0.15) is 4.98 Å². The summed E-state index contributed by atoms with van der Waals surface area (Å²) in [5.74, 6) is 1.46. The number of hydrogen-bond acceptors (Lipinski definition) is 5. The van der Waals surface area contributed by atoms with Crippen molar-refractivity contribution in [2.45, 2.75) is 0 Å². The predicted molar refractivity (Wildman–Crippen MR) is 95.3 cm³/mol. The molecule has 1 heterocycles. The zero-order valence-corrected chi connectivity index (χ0v) is 13.3. The molecule has 0 bridgehead atoms. The molecule has 3 aromatic rings. The van der Waals surface area contributed by atoms with Gasteiger partial charge in [0.05, 0.1) is 5.52 Å². The summed E-state index contributed by atoms with van der Waals surface area (Å²) in [5.41, 5.74) is 8.24. The van der Waals surface area contributed by atoms with Crippen LogP contribution in [0.15, 0.2) is 48.5 Å². The first-order valence-electron chi connectivity index (χ1n) is 6.70. The van der Waals surface area contributed by atoms with Gasteiger partial charge in [-0.05, 0) is 36.4 Å². The van der Waals surface area contributed by atoms with Crippen molar-refractivity contribution in [2.75, 3.05) is 30.0 Å². The molecule has 0 aliphatic carbocycles. The molecular weight excluding hydrogens is 298 g/mol. The average Bonchev–Trinajstić information content (AvgIpc) is 2.48. The van der Waals surface area contributed by atoms with Gasteiger partial charge in [0.2, 0.25) is 5.95 Å². The number of para-hydroxylation sites is 1. The fourth-order valence-corrected chi connectivity index (χ4v) is 2.15. The molecule has 0 fully saturated rings. The van der Waals surface area contributed by atoms with Crippen molar-refractivity contribution in [3.8, 4) is 0 Å².